The highest BCUT2D eigenvalue weighted by Crippen LogP contribution is 2.43. The molecule has 3 rings (SSSR count). The van der Waals surface area contributed by atoms with Crippen molar-refractivity contribution < 1.29 is 14.3 Å². The monoisotopic (exact) mass is 326 g/mol. The maximum absolute atomic E-state index is 12.5. The lowest BCUT2D eigenvalue weighted by molar-refractivity contribution is -0.135. The third-order valence-corrected chi connectivity index (χ3v) is 4.27. The topological polar surface area (TPSA) is 64.8 Å². The zero-order valence-electron chi connectivity index (χ0n) is 12.8. The molecule has 0 spiro atoms. The number of likely N-dealkylation sites (tertiary alicyclic amines) is 1. The van der Waals surface area contributed by atoms with Gasteiger partial charge in [0.05, 0.1) is 6.04 Å². The van der Waals surface area contributed by atoms with Gasteiger partial charge in [0.15, 0.2) is 11.5 Å². The van der Waals surface area contributed by atoms with E-state index in [1.807, 2.05) is 30.0 Å². The molecule has 2 aliphatic rings. The minimum atomic E-state index is -0.137. The molecular weight excluding hydrogens is 304 g/mol. The van der Waals surface area contributed by atoms with E-state index in [9.17, 15) is 4.79 Å². The van der Waals surface area contributed by atoms with Crippen LogP contribution in [0.3, 0.4) is 0 Å². The minimum absolute atomic E-state index is 0. The van der Waals surface area contributed by atoms with Crippen molar-refractivity contribution in [2.75, 3.05) is 26.3 Å². The zero-order chi connectivity index (χ0) is 14.8. The number of nitrogens with two attached hydrogens (primary N) is 1. The molecule has 5 nitrogen and oxygen atoms in total. The predicted octanol–water partition coefficient (Wildman–Crippen LogP) is 2.14. The van der Waals surface area contributed by atoms with E-state index in [0.717, 1.165) is 36.4 Å². The summed E-state index contributed by atoms with van der Waals surface area (Å²) in [4.78, 5) is 14.5. The Kier molecular flexibility index (Phi) is 5.53. The fourth-order valence-corrected chi connectivity index (χ4v) is 3.10. The third-order valence-electron chi connectivity index (χ3n) is 4.27. The number of amides is 1. The Morgan fingerprint density at radius 3 is 2.95 bits per heavy atom. The Bertz CT molecular complexity index is 538. The number of nitrogens with zero attached hydrogens (tertiary/aromatic N) is 1. The fourth-order valence-electron chi connectivity index (χ4n) is 3.10. The molecule has 1 aromatic rings. The van der Waals surface area contributed by atoms with Crippen molar-refractivity contribution in [3.63, 3.8) is 0 Å². The van der Waals surface area contributed by atoms with Gasteiger partial charge in [-0.1, -0.05) is 19.1 Å². The first kappa shape index (κ1) is 16.9. The summed E-state index contributed by atoms with van der Waals surface area (Å²) in [5.74, 6) is 1.58. The Morgan fingerprint density at radius 1 is 1.41 bits per heavy atom. The highest BCUT2D eigenvalue weighted by atomic mass is 35.5. The van der Waals surface area contributed by atoms with Crippen LogP contribution in [0.1, 0.15) is 31.4 Å². The molecule has 2 atom stereocenters. The molecule has 2 unspecified atom stereocenters. The molecule has 0 bridgehead atoms. The lowest BCUT2D eigenvalue weighted by Crippen LogP contribution is -2.37. The number of fused-ring (bicyclic) bond motifs is 1. The summed E-state index contributed by atoms with van der Waals surface area (Å²) in [5, 5.41) is 0. The standard InChI is InChI=1S/C16H22N2O3.ClH/c1-11(10-17)16(19)18-7-3-5-13(18)12-4-2-6-14-15(12)21-9-8-20-14;/h2,4,6,11,13H,3,5,7-10,17H2,1H3;1H. The summed E-state index contributed by atoms with van der Waals surface area (Å²) < 4.78 is 11.4. The maximum Gasteiger partial charge on any atom is 0.227 e. The number of halogens is 1. The number of carbonyl (C=O) groups is 1. The van der Waals surface area contributed by atoms with E-state index >= 15 is 0 Å². The van der Waals surface area contributed by atoms with Gasteiger partial charge in [-0.05, 0) is 18.9 Å². The molecule has 0 aliphatic carbocycles. The number of carbonyl (C=O) groups excluding carboxylic acids is 1. The van der Waals surface area contributed by atoms with Crippen molar-refractivity contribution in [2.45, 2.75) is 25.8 Å². The first-order chi connectivity index (χ1) is 10.2. The minimum Gasteiger partial charge on any atom is -0.486 e. The second-order valence-electron chi connectivity index (χ2n) is 5.70. The molecule has 1 aromatic carbocycles. The summed E-state index contributed by atoms with van der Waals surface area (Å²) in [7, 11) is 0. The number of rotatable bonds is 3. The molecule has 2 aliphatic heterocycles. The van der Waals surface area contributed by atoms with Crippen LogP contribution in [-0.4, -0.2) is 37.1 Å². The maximum atomic E-state index is 12.5. The van der Waals surface area contributed by atoms with E-state index in [1.165, 1.54) is 0 Å². The second-order valence-corrected chi connectivity index (χ2v) is 5.70. The first-order valence-electron chi connectivity index (χ1n) is 7.61. The van der Waals surface area contributed by atoms with E-state index in [2.05, 4.69) is 0 Å². The van der Waals surface area contributed by atoms with Crippen LogP contribution < -0.4 is 15.2 Å². The highest BCUT2D eigenvalue weighted by Gasteiger charge is 2.34. The molecule has 1 amide bonds. The van der Waals surface area contributed by atoms with E-state index in [1.54, 1.807) is 0 Å². The summed E-state index contributed by atoms with van der Waals surface area (Å²) >= 11 is 0. The molecule has 0 aromatic heterocycles. The van der Waals surface area contributed by atoms with Crippen LogP contribution in [0.2, 0.25) is 0 Å². The van der Waals surface area contributed by atoms with Gasteiger partial charge in [0.1, 0.15) is 13.2 Å². The van der Waals surface area contributed by atoms with Crippen LogP contribution in [-0.2, 0) is 4.79 Å². The third kappa shape index (κ3) is 3.01. The van der Waals surface area contributed by atoms with Crippen molar-refractivity contribution in [3.05, 3.63) is 23.8 Å². The van der Waals surface area contributed by atoms with Gasteiger partial charge >= 0.3 is 0 Å². The Morgan fingerprint density at radius 2 is 2.18 bits per heavy atom. The van der Waals surface area contributed by atoms with Crippen molar-refractivity contribution >= 4 is 18.3 Å². The molecule has 2 heterocycles. The molecular formula is C16H23ClN2O3. The molecule has 122 valence electrons. The van der Waals surface area contributed by atoms with Gasteiger partial charge in [0.25, 0.3) is 0 Å². The Hall–Kier alpha value is -1.46. The molecule has 0 saturated carbocycles. The lowest BCUT2D eigenvalue weighted by Gasteiger charge is -2.30. The highest BCUT2D eigenvalue weighted by molar-refractivity contribution is 5.85. The Labute approximate surface area is 137 Å². The average Bonchev–Trinajstić information content (AvgIpc) is 3.02. The quantitative estimate of drug-likeness (QED) is 0.924. The number of para-hydroxylation sites is 1. The first-order valence-corrected chi connectivity index (χ1v) is 7.61. The molecule has 1 saturated heterocycles. The molecule has 0 radical (unpaired) electrons. The normalized spacial score (nSPS) is 21.2. The van der Waals surface area contributed by atoms with Crippen LogP contribution in [0, 0.1) is 5.92 Å². The van der Waals surface area contributed by atoms with Crippen LogP contribution in [0.25, 0.3) is 0 Å². The number of hydrogen-bond donors (Lipinski definition) is 1. The summed E-state index contributed by atoms with van der Waals surface area (Å²) in [6.45, 7) is 4.20. The smallest absolute Gasteiger partial charge is 0.227 e. The van der Waals surface area contributed by atoms with Crippen LogP contribution >= 0.6 is 12.4 Å². The van der Waals surface area contributed by atoms with Gasteiger partial charge in [-0.25, -0.2) is 0 Å². The van der Waals surface area contributed by atoms with Gasteiger partial charge in [0.2, 0.25) is 5.91 Å². The van der Waals surface area contributed by atoms with Crippen LogP contribution in [0.4, 0.5) is 0 Å². The average molecular weight is 327 g/mol. The van der Waals surface area contributed by atoms with E-state index in [4.69, 9.17) is 15.2 Å². The van der Waals surface area contributed by atoms with E-state index in [0.29, 0.717) is 19.8 Å². The SMILES string of the molecule is CC(CN)C(=O)N1CCCC1c1cccc2c1OCCO2.Cl. The lowest BCUT2D eigenvalue weighted by atomic mass is 10.0. The Balaban J connectivity index is 0.00000176. The van der Waals surface area contributed by atoms with Crippen molar-refractivity contribution in [2.24, 2.45) is 11.7 Å². The van der Waals surface area contributed by atoms with Gasteiger partial charge in [-0.15, -0.1) is 12.4 Å². The number of benzene rings is 1. The van der Waals surface area contributed by atoms with Gasteiger partial charge in [-0.3, -0.25) is 4.79 Å². The molecule has 22 heavy (non-hydrogen) atoms. The predicted molar refractivity (Wildman–Crippen MR) is 86.6 cm³/mol. The van der Waals surface area contributed by atoms with Crippen molar-refractivity contribution in [1.29, 1.82) is 0 Å². The summed E-state index contributed by atoms with van der Waals surface area (Å²) in [6, 6.07) is 6.00. The second kappa shape index (κ2) is 7.20. The van der Waals surface area contributed by atoms with Crippen LogP contribution in [0.15, 0.2) is 18.2 Å². The summed E-state index contributed by atoms with van der Waals surface area (Å²) in [5.41, 5.74) is 6.70. The molecule has 2 N–H and O–H groups in total. The zero-order valence-corrected chi connectivity index (χ0v) is 13.6. The van der Waals surface area contributed by atoms with Crippen molar-refractivity contribution in [3.8, 4) is 11.5 Å². The van der Waals surface area contributed by atoms with Crippen LogP contribution in [0.5, 0.6) is 11.5 Å². The largest absolute Gasteiger partial charge is 0.486 e. The van der Waals surface area contributed by atoms with Gasteiger partial charge in [-0.2, -0.15) is 0 Å². The number of ether oxygens (including phenoxy) is 2. The molecule has 6 heteroatoms. The fraction of sp³-hybridized carbons (Fsp3) is 0.562. The van der Waals surface area contributed by atoms with E-state index in [-0.39, 0.29) is 30.3 Å². The van der Waals surface area contributed by atoms with Crippen molar-refractivity contribution in [1.82, 2.24) is 4.90 Å². The number of hydrogen-bond acceptors (Lipinski definition) is 4. The summed E-state index contributed by atoms with van der Waals surface area (Å²) in [6.07, 6.45) is 1.97. The van der Waals surface area contributed by atoms with E-state index < -0.39 is 0 Å². The molecule has 1 fully saturated rings. The van der Waals surface area contributed by atoms with Gasteiger partial charge < -0.3 is 20.1 Å². The van der Waals surface area contributed by atoms with Gasteiger partial charge in [0, 0.05) is 24.6 Å².